The third kappa shape index (κ3) is 10.0. The van der Waals surface area contributed by atoms with Crippen molar-refractivity contribution in [1.82, 2.24) is 30.2 Å². The van der Waals surface area contributed by atoms with Crippen LogP contribution in [0.5, 0.6) is 5.75 Å². The lowest BCUT2D eigenvalue weighted by Crippen LogP contribution is -2.56. The zero-order chi connectivity index (χ0) is 47.4. The van der Waals surface area contributed by atoms with Gasteiger partial charge in [0.15, 0.2) is 0 Å². The number of hydrogen-bond acceptors (Lipinski definition) is 8. The fourth-order valence-corrected chi connectivity index (χ4v) is 9.31. The predicted molar refractivity (Wildman–Crippen MR) is 253 cm³/mol. The number of amides is 7. The summed E-state index contributed by atoms with van der Waals surface area (Å²) in [5.41, 5.74) is 5.17. The minimum Gasteiger partial charge on any atom is -0.493 e. The molecule has 2 fully saturated rings. The Morgan fingerprint density at radius 3 is 2.24 bits per heavy atom. The largest absolute Gasteiger partial charge is 0.493 e. The maximum atomic E-state index is 15.0. The molecule has 4 aliphatic rings. The topological polar surface area (TPSA) is 161 Å². The van der Waals surface area contributed by atoms with Gasteiger partial charge in [-0.05, 0) is 97.5 Å². The van der Waals surface area contributed by atoms with Gasteiger partial charge >= 0.3 is 6.03 Å². The molecule has 4 aliphatic heterocycles. The van der Waals surface area contributed by atoms with Crippen LogP contribution in [-0.2, 0) is 25.7 Å². The number of rotatable bonds is 11. The summed E-state index contributed by atoms with van der Waals surface area (Å²) in [6.07, 6.45) is 1.13. The molecule has 0 aliphatic carbocycles. The first kappa shape index (κ1) is 46.8. The van der Waals surface area contributed by atoms with Crippen molar-refractivity contribution in [2.75, 3.05) is 39.3 Å². The van der Waals surface area contributed by atoms with Crippen LogP contribution in [0.1, 0.15) is 95.4 Å². The van der Waals surface area contributed by atoms with Gasteiger partial charge in [-0.25, -0.2) is 4.79 Å². The number of halogens is 2. The second-order valence-corrected chi connectivity index (χ2v) is 17.8. The van der Waals surface area contributed by atoms with Crippen LogP contribution in [0.4, 0.5) is 4.79 Å². The van der Waals surface area contributed by atoms with Crippen LogP contribution < -0.4 is 15.4 Å². The molecule has 0 bridgehead atoms. The molecule has 2 saturated heterocycles. The van der Waals surface area contributed by atoms with E-state index in [-0.39, 0.29) is 88.2 Å². The van der Waals surface area contributed by atoms with Crippen LogP contribution in [0, 0.1) is 24.7 Å². The monoisotopic (exact) mass is 943 g/mol. The number of ether oxygens (including phenoxy) is 1. The third-order valence-electron chi connectivity index (χ3n) is 12.7. The quantitative estimate of drug-likeness (QED) is 0.123. The third-order valence-corrected chi connectivity index (χ3v) is 13.2. The fourth-order valence-electron chi connectivity index (χ4n) is 9.06. The molecule has 4 atom stereocenters. The van der Waals surface area contributed by atoms with Crippen LogP contribution >= 0.6 is 23.2 Å². The van der Waals surface area contributed by atoms with E-state index in [0.717, 1.165) is 16.7 Å². The molecule has 2 N–H and O–H groups in total. The molecule has 67 heavy (non-hydrogen) atoms. The van der Waals surface area contributed by atoms with Gasteiger partial charge in [-0.2, -0.15) is 0 Å². The van der Waals surface area contributed by atoms with Crippen LogP contribution in [0.15, 0.2) is 89.9 Å². The summed E-state index contributed by atoms with van der Waals surface area (Å²) in [6.45, 7) is 7.19. The summed E-state index contributed by atoms with van der Waals surface area (Å²) in [6, 6.07) is 23.9. The standard InChI is InChI=1S/C51H51Cl2N7O7/c1-4-32(8-6-9-33-10-7-11-38-40(33)30-59(50(38)65)41-22-23-43(61)55-49(41)64)48(63)54-29-44(62)57-24-26-58(27-25-57)51(66)60-46(35-15-19-37(53)20-16-35)45(34-13-17-36(52)18-14-34)56-47(60)39-21-12-31(3)28-42(39)67-5-2/h7,10-21,28,32,41,45-46H,4-5,8,22-27,29-30H2,1-3H3,(H,54,63)(H,55,61,64)/t32?,41?,45-,46+/m1/s1. The lowest BCUT2D eigenvalue weighted by Gasteiger charge is -2.39. The smallest absolute Gasteiger partial charge is 0.326 e. The number of hydrogen-bond donors (Lipinski definition) is 2. The number of aryl methyl sites for hydroxylation is 1. The molecule has 346 valence electrons. The molecule has 0 saturated carbocycles. The summed E-state index contributed by atoms with van der Waals surface area (Å²) < 4.78 is 6.12. The molecular formula is C51H51Cl2N7O7. The van der Waals surface area contributed by atoms with Gasteiger partial charge < -0.3 is 24.8 Å². The first-order valence-electron chi connectivity index (χ1n) is 22.6. The van der Waals surface area contributed by atoms with E-state index in [1.165, 1.54) is 4.90 Å². The number of amidine groups is 1. The van der Waals surface area contributed by atoms with Gasteiger partial charge in [-0.1, -0.05) is 78.4 Å². The summed E-state index contributed by atoms with van der Waals surface area (Å²) >= 11 is 12.7. The van der Waals surface area contributed by atoms with Crippen molar-refractivity contribution >= 4 is 64.6 Å². The molecule has 4 aromatic rings. The fraction of sp³-hybridized carbons (Fsp3) is 0.353. The van der Waals surface area contributed by atoms with Gasteiger partial charge in [0, 0.05) is 72.7 Å². The van der Waals surface area contributed by atoms with E-state index < -0.39 is 30.0 Å². The molecule has 4 heterocycles. The van der Waals surface area contributed by atoms with E-state index in [9.17, 15) is 24.0 Å². The summed E-state index contributed by atoms with van der Waals surface area (Å²) in [7, 11) is 0. The molecule has 14 nitrogen and oxygen atoms in total. The zero-order valence-corrected chi connectivity index (χ0v) is 39.0. The Bertz CT molecular complexity index is 2690. The number of carbonyl (C=O) groups is 6. The van der Waals surface area contributed by atoms with Crippen molar-refractivity contribution in [3.8, 4) is 17.6 Å². The van der Waals surface area contributed by atoms with Crippen LogP contribution in [-0.4, -0.2) is 106 Å². The van der Waals surface area contributed by atoms with Crippen LogP contribution in [0.2, 0.25) is 10.0 Å². The second kappa shape index (κ2) is 20.4. The lowest BCUT2D eigenvalue weighted by atomic mass is 9.93. The maximum absolute atomic E-state index is 15.0. The Labute approximate surface area is 399 Å². The maximum Gasteiger partial charge on any atom is 0.326 e. The molecule has 4 aromatic carbocycles. The van der Waals surface area contributed by atoms with Crippen molar-refractivity contribution in [1.29, 1.82) is 0 Å². The minimum absolute atomic E-state index is 0.161. The minimum atomic E-state index is -0.735. The highest BCUT2D eigenvalue weighted by Crippen LogP contribution is 2.45. The Kier molecular flexibility index (Phi) is 14.3. The van der Waals surface area contributed by atoms with Gasteiger partial charge in [-0.15, -0.1) is 0 Å². The first-order valence-corrected chi connectivity index (χ1v) is 23.3. The Hall–Kier alpha value is -6.69. The van der Waals surface area contributed by atoms with Gasteiger partial charge in [0.25, 0.3) is 5.91 Å². The highest BCUT2D eigenvalue weighted by Gasteiger charge is 2.45. The SMILES string of the molecule is CCOc1cc(C)ccc1C1=N[C@H](c2ccc(Cl)cc2)[C@H](c2ccc(Cl)cc2)N1C(=O)N1CCN(C(=O)CNC(=O)C(CC)CC#Cc2cccc3c2CN(C2CCC(=O)NC2=O)C3=O)CC1. The highest BCUT2D eigenvalue weighted by molar-refractivity contribution is 6.30. The van der Waals surface area contributed by atoms with Crippen molar-refractivity contribution in [3.05, 3.63) is 134 Å². The molecule has 0 spiro atoms. The molecule has 2 unspecified atom stereocenters. The number of fused-ring (bicyclic) bond motifs is 1. The number of nitrogens with zero attached hydrogens (tertiary/aromatic N) is 5. The van der Waals surface area contributed by atoms with E-state index >= 15 is 4.79 Å². The van der Waals surface area contributed by atoms with Crippen molar-refractivity contribution in [3.63, 3.8) is 0 Å². The Morgan fingerprint density at radius 2 is 1.57 bits per heavy atom. The van der Waals surface area contributed by atoms with E-state index in [1.807, 2.05) is 75.4 Å². The number of piperidine rings is 1. The molecule has 7 amide bonds. The number of imide groups is 1. The average Bonchev–Trinajstić information content (AvgIpc) is 3.88. The summed E-state index contributed by atoms with van der Waals surface area (Å²) in [5, 5.41) is 6.26. The number of carbonyl (C=O) groups excluding carboxylic acids is 6. The lowest BCUT2D eigenvalue weighted by molar-refractivity contribution is -0.137. The predicted octanol–water partition coefficient (Wildman–Crippen LogP) is 6.85. The molecular weight excluding hydrogens is 894 g/mol. The second-order valence-electron chi connectivity index (χ2n) is 17.0. The van der Waals surface area contributed by atoms with E-state index in [2.05, 4.69) is 22.5 Å². The molecule has 8 rings (SSSR count). The normalized spacial score (nSPS) is 19.6. The van der Waals surface area contributed by atoms with Crippen molar-refractivity contribution < 1.29 is 33.5 Å². The number of aliphatic imine (C=N–C) groups is 1. The van der Waals surface area contributed by atoms with E-state index in [0.29, 0.717) is 56.9 Å². The van der Waals surface area contributed by atoms with E-state index in [4.69, 9.17) is 32.9 Å². The van der Waals surface area contributed by atoms with Gasteiger partial charge in [0.05, 0.1) is 24.8 Å². The Balaban J connectivity index is 0.920. The van der Waals surface area contributed by atoms with Gasteiger partial charge in [0.2, 0.25) is 23.6 Å². The number of piperazine rings is 1. The molecule has 0 radical (unpaired) electrons. The summed E-state index contributed by atoms with van der Waals surface area (Å²) in [4.78, 5) is 91.3. The first-order chi connectivity index (χ1) is 32.3. The molecule has 0 aromatic heterocycles. The van der Waals surface area contributed by atoms with Gasteiger partial charge in [0.1, 0.15) is 23.7 Å². The average molecular weight is 945 g/mol. The van der Waals surface area contributed by atoms with Crippen LogP contribution in [0.3, 0.4) is 0 Å². The van der Waals surface area contributed by atoms with Crippen LogP contribution in [0.25, 0.3) is 0 Å². The summed E-state index contributed by atoms with van der Waals surface area (Å²) in [5.74, 6) is 5.12. The number of nitrogens with one attached hydrogen (secondary N) is 2. The van der Waals surface area contributed by atoms with Crippen molar-refractivity contribution in [2.24, 2.45) is 10.9 Å². The number of benzene rings is 4. The Morgan fingerprint density at radius 1 is 0.881 bits per heavy atom. The van der Waals surface area contributed by atoms with Crippen molar-refractivity contribution in [2.45, 2.75) is 71.1 Å². The van der Waals surface area contributed by atoms with Gasteiger partial charge in [-0.3, -0.25) is 39.2 Å². The zero-order valence-electron chi connectivity index (χ0n) is 37.5. The highest BCUT2D eigenvalue weighted by atomic mass is 35.5. The molecule has 16 heteroatoms. The van der Waals surface area contributed by atoms with E-state index in [1.54, 1.807) is 45.0 Å². The number of urea groups is 1.